The highest BCUT2D eigenvalue weighted by atomic mass is 32.2. The van der Waals surface area contributed by atoms with E-state index in [1.165, 1.54) is 10.7 Å². The SMILES string of the molecule is N#Cc1ccc2c(c1)C[C@@H](NC(=O)c1cc3n(n1)C[C@@H](CSCC(F)(F)F)O3)CO2. The molecule has 2 aliphatic heterocycles. The van der Waals surface area contributed by atoms with Gasteiger partial charge in [0.05, 0.1) is 30.0 Å². The number of aromatic nitrogens is 2. The number of amides is 1. The highest BCUT2D eigenvalue weighted by Gasteiger charge is 2.31. The van der Waals surface area contributed by atoms with Gasteiger partial charge in [0.15, 0.2) is 5.69 Å². The van der Waals surface area contributed by atoms with Crippen LogP contribution in [0.3, 0.4) is 0 Å². The summed E-state index contributed by atoms with van der Waals surface area (Å²) in [7, 11) is 0. The number of ether oxygens (including phenoxy) is 2. The lowest BCUT2D eigenvalue weighted by Gasteiger charge is -2.26. The zero-order valence-electron chi connectivity index (χ0n) is 15.6. The summed E-state index contributed by atoms with van der Waals surface area (Å²) < 4.78 is 49.4. The maximum Gasteiger partial charge on any atom is 0.397 e. The average Bonchev–Trinajstić information content (AvgIpc) is 3.25. The fraction of sp³-hybridized carbons (Fsp3) is 0.421. The maximum atomic E-state index is 12.5. The predicted octanol–water partition coefficient (Wildman–Crippen LogP) is 2.54. The first-order chi connectivity index (χ1) is 14.3. The largest absolute Gasteiger partial charge is 0.491 e. The number of fused-ring (bicyclic) bond motifs is 2. The average molecular weight is 438 g/mol. The third kappa shape index (κ3) is 4.64. The summed E-state index contributed by atoms with van der Waals surface area (Å²) in [6.07, 6.45) is -4.09. The van der Waals surface area contributed by atoms with Gasteiger partial charge in [-0.2, -0.15) is 23.5 Å². The summed E-state index contributed by atoms with van der Waals surface area (Å²) in [4.78, 5) is 12.5. The molecule has 0 saturated carbocycles. The molecule has 0 spiro atoms. The van der Waals surface area contributed by atoms with Crippen LogP contribution in [0.4, 0.5) is 13.2 Å². The van der Waals surface area contributed by atoms with Gasteiger partial charge < -0.3 is 14.8 Å². The standard InChI is InChI=1S/C19H17F3N4O3S/c20-19(21,22)10-30-9-14-7-26-17(29-14)5-15(25-26)18(27)24-13-4-12-3-11(6-23)1-2-16(12)28-8-13/h1-3,5,13-14H,4,7-10H2,(H,24,27)/t13-,14+/m1/s1. The van der Waals surface area contributed by atoms with Gasteiger partial charge in [0.1, 0.15) is 18.5 Å². The molecule has 0 unspecified atom stereocenters. The zero-order chi connectivity index (χ0) is 21.3. The Morgan fingerprint density at radius 2 is 2.23 bits per heavy atom. The van der Waals surface area contributed by atoms with Crippen LogP contribution in [0.25, 0.3) is 0 Å². The maximum absolute atomic E-state index is 12.5. The molecule has 0 saturated heterocycles. The summed E-state index contributed by atoms with van der Waals surface area (Å²) in [6, 6.07) is 8.45. The number of alkyl halides is 3. The molecular weight excluding hydrogens is 421 g/mol. The number of nitrogens with one attached hydrogen (secondary N) is 1. The Morgan fingerprint density at radius 1 is 1.40 bits per heavy atom. The third-order valence-corrected chi connectivity index (χ3v) is 5.78. The first-order valence-electron chi connectivity index (χ1n) is 9.16. The molecule has 0 radical (unpaired) electrons. The Labute approximate surface area is 174 Å². The van der Waals surface area contributed by atoms with E-state index >= 15 is 0 Å². The number of nitrogens with zero attached hydrogens (tertiary/aromatic N) is 3. The summed E-state index contributed by atoms with van der Waals surface area (Å²) >= 11 is 0.758. The van der Waals surface area contributed by atoms with Gasteiger partial charge in [0.2, 0.25) is 5.88 Å². The minimum atomic E-state index is -4.21. The van der Waals surface area contributed by atoms with Gasteiger partial charge in [0, 0.05) is 11.8 Å². The van der Waals surface area contributed by atoms with Crippen molar-refractivity contribution in [2.45, 2.75) is 31.3 Å². The fourth-order valence-corrected chi connectivity index (χ4v) is 4.13. The lowest BCUT2D eigenvalue weighted by Crippen LogP contribution is -2.43. The molecular formula is C19H17F3N4O3S. The number of benzene rings is 1. The van der Waals surface area contributed by atoms with Crippen LogP contribution in [-0.4, -0.2) is 52.1 Å². The number of hydrogen-bond acceptors (Lipinski definition) is 6. The second-order valence-electron chi connectivity index (χ2n) is 7.04. The Morgan fingerprint density at radius 3 is 2.97 bits per heavy atom. The van der Waals surface area contributed by atoms with Crippen LogP contribution < -0.4 is 14.8 Å². The van der Waals surface area contributed by atoms with E-state index in [0.29, 0.717) is 36.8 Å². The van der Waals surface area contributed by atoms with Crippen LogP contribution in [0, 0.1) is 11.3 Å². The molecule has 2 atom stereocenters. The van der Waals surface area contributed by atoms with Crippen LogP contribution in [0.2, 0.25) is 0 Å². The summed E-state index contributed by atoms with van der Waals surface area (Å²) in [5.41, 5.74) is 1.54. The molecule has 0 aliphatic carbocycles. The van der Waals surface area contributed by atoms with Gasteiger partial charge >= 0.3 is 6.18 Å². The van der Waals surface area contributed by atoms with Gasteiger partial charge in [-0.3, -0.25) is 4.79 Å². The molecule has 1 N–H and O–H groups in total. The first-order valence-corrected chi connectivity index (χ1v) is 10.3. The van der Waals surface area contributed by atoms with Crippen LogP contribution >= 0.6 is 11.8 Å². The van der Waals surface area contributed by atoms with Crippen LogP contribution in [0.15, 0.2) is 24.3 Å². The Balaban J connectivity index is 1.31. The minimum Gasteiger partial charge on any atom is -0.491 e. The van der Waals surface area contributed by atoms with E-state index in [4.69, 9.17) is 14.7 Å². The molecule has 158 valence electrons. The molecule has 0 fully saturated rings. The zero-order valence-corrected chi connectivity index (χ0v) is 16.4. The number of hydrogen-bond donors (Lipinski definition) is 1. The number of halogens is 3. The van der Waals surface area contributed by atoms with Crippen LogP contribution in [-0.2, 0) is 13.0 Å². The van der Waals surface area contributed by atoms with E-state index in [-0.39, 0.29) is 17.5 Å². The lowest BCUT2D eigenvalue weighted by atomic mass is 10.0. The van der Waals surface area contributed by atoms with Crippen LogP contribution in [0.5, 0.6) is 11.6 Å². The number of thioether (sulfide) groups is 1. The molecule has 2 aromatic rings. The fourth-order valence-electron chi connectivity index (χ4n) is 3.35. The second-order valence-corrected chi connectivity index (χ2v) is 8.07. The molecule has 11 heteroatoms. The van der Waals surface area contributed by atoms with Crippen molar-refractivity contribution in [3.8, 4) is 17.7 Å². The van der Waals surface area contributed by atoms with Gasteiger partial charge in [-0.15, -0.1) is 11.8 Å². The third-order valence-electron chi connectivity index (χ3n) is 4.64. The lowest BCUT2D eigenvalue weighted by molar-refractivity contribution is -0.105. The first kappa shape index (κ1) is 20.4. The van der Waals surface area contributed by atoms with Crippen molar-refractivity contribution in [2.24, 2.45) is 0 Å². The Bertz CT molecular complexity index is 978. The number of carbonyl (C=O) groups excluding carboxylic acids is 1. The van der Waals surface area contributed by atoms with Gasteiger partial charge in [0.25, 0.3) is 5.91 Å². The second kappa shape index (κ2) is 8.10. The van der Waals surface area contributed by atoms with E-state index in [1.54, 1.807) is 18.2 Å². The normalized spacial score (nSPS) is 19.8. The Hall–Kier alpha value is -2.87. The molecule has 3 heterocycles. The molecule has 0 bridgehead atoms. The summed E-state index contributed by atoms with van der Waals surface area (Å²) in [5, 5.41) is 16.1. The quantitative estimate of drug-likeness (QED) is 0.772. The van der Waals surface area contributed by atoms with Crippen molar-refractivity contribution in [3.05, 3.63) is 41.1 Å². The van der Waals surface area contributed by atoms with Crippen molar-refractivity contribution in [3.63, 3.8) is 0 Å². The van der Waals surface area contributed by atoms with Gasteiger partial charge in [-0.1, -0.05) is 0 Å². The Kier molecular flexibility index (Phi) is 5.51. The smallest absolute Gasteiger partial charge is 0.397 e. The number of rotatable bonds is 5. The monoisotopic (exact) mass is 438 g/mol. The van der Waals surface area contributed by atoms with Crippen molar-refractivity contribution < 1.29 is 27.4 Å². The van der Waals surface area contributed by atoms with Gasteiger partial charge in [-0.25, -0.2) is 4.68 Å². The molecule has 1 aromatic heterocycles. The summed E-state index contributed by atoms with van der Waals surface area (Å²) in [6.45, 7) is 0.595. The highest BCUT2D eigenvalue weighted by molar-refractivity contribution is 7.99. The van der Waals surface area contributed by atoms with E-state index < -0.39 is 23.9 Å². The molecule has 4 rings (SSSR count). The van der Waals surface area contributed by atoms with Crippen molar-refractivity contribution >= 4 is 17.7 Å². The van der Waals surface area contributed by atoms with Gasteiger partial charge in [-0.05, 0) is 30.2 Å². The molecule has 30 heavy (non-hydrogen) atoms. The van der Waals surface area contributed by atoms with E-state index in [1.807, 2.05) is 0 Å². The molecule has 7 nitrogen and oxygen atoms in total. The topological polar surface area (TPSA) is 89.2 Å². The minimum absolute atomic E-state index is 0.169. The number of nitriles is 1. The summed E-state index contributed by atoms with van der Waals surface area (Å²) in [5.74, 6) is -0.0684. The predicted molar refractivity (Wildman–Crippen MR) is 102 cm³/mol. The van der Waals surface area contributed by atoms with Crippen molar-refractivity contribution in [2.75, 3.05) is 18.1 Å². The molecule has 1 aromatic carbocycles. The number of carbonyl (C=O) groups is 1. The van der Waals surface area contributed by atoms with E-state index in [9.17, 15) is 18.0 Å². The molecule has 1 amide bonds. The highest BCUT2D eigenvalue weighted by Crippen LogP contribution is 2.28. The molecule has 2 aliphatic rings. The van der Waals surface area contributed by atoms with Crippen LogP contribution in [0.1, 0.15) is 21.6 Å². The van der Waals surface area contributed by atoms with E-state index in [0.717, 1.165) is 17.3 Å². The van der Waals surface area contributed by atoms with Crippen molar-refractivity contribution in [1.29, 1.82) is 5.26 Å². The van der Waals surface area contributed by atoms with Crippen molar-refractivity contribution in [1.82, 2.24) is 15.1 Å². The van der Waals surface area contributed by atoms with E-state index in [2.05, 4.69) is 16.5 Å².